The molecule has 5 nitrogen and oxygen atoms in total. The molecular weight excluding hydrogens is 303 g/mol. The number of methoxy groups -OCH3 is 2. The Morgan fingerprint density at radius 3 is 2.32 bits per heavy atom. The predicted octanol–water partition coefficient (Wildman–Crippen LogP) is 2.77. The van der Waals surface area contributed by atoms with E-state index >= 15 is 0 Å². The number of halogens is 3. The van der Waals surface area contributed by atoms with Gasteiger partial charge in [0.15, 0.2) is 5.92 Å². The van der Waals surface area contributed by atoms with Crippen LogP contribution in [0.2, 0.25) is 0 Å². The number of hydrogen-bond donors (Lipinski definition) is 1. The van der Waals surface area contributed by atoms with E-state index in [2.05, 4.69) is 14.5 Å². The maximum absolute atomic E-state index is 13.3. The topological polar surface area (TPSA) is 68.4 Å². The molecule has 2 aromatic rings. The van der Waals surface area contributed by atoms with Crippen LogP contribution in [-0.4, -0.2) is 37.3 Å². The third-order valence-corrected chi connectivity index (χ3v) is 3.19. The van der Waals surface area contributed by atoms with Crippen LogP contribution in [0.15, 0.2) is 24.3 Å². The summed E-state index contributed by atoms with van der Waals surface area (Å²) in [4.78, 5) is 26.0. The van der Waals surface area contributed by atoms with Crippen molar-refractivity contribution in [1.29, 1.82) is 0 Å². The van der Waals surface area contributed by atoms with Gasteiger partial charge in [-0.3, -0.25) is 4.79 Å². The lowest BCUT2D eigenvalue weighted by Gasteiger charge is -2.18. The lowest BCUT2D eigenvalue weighted by atomic mass is 9.95. The highest BCUT2D eigenvalue weighted by Gasteiger charge is 2.50. The number of H-pyrrole nitrogens is 1. The van der Waals surface area contributed by atoms with Gasteiger partial charge in [-0.05, 0) is 6.07 Å². The largest absolute Gasteiger partial charge is 0.468 e. The smallest absolute Gasteiger partial charge is 0.406 e. The number of esters is 2. The van der Waals surface area contributed by atoms with Crippen LogP contribution in [0.1, 0.15) is 22.0 Å². The lowest BCUT2D eigenvalue weighted by molar-refractivity contribution is -0.179. The van der Waals surface area contributed by atoms with Crippen LogP contribution >= 0.6 is 0 Å². The fourth-order valence-corrected chi connectivity index (χ4v) is 2.26. The van der Waals surface area contributed by atoms with Crippen molar-refractivity contribution >= 4 is 22.8 Å². The van der Waals surface area contributed by atoms with Crippen molar-refractivity contribution in [2.75, 3.05) is 14.2 Å². The summed E-state index contributed by atoms with van der Waals surface area (Å²) in [6.07, 6.45) is -4.92. The molecule has 0 saturated heterocycles. The molecular formula is C14H12F3NO4. The van der Waals surface area contributed by atoms with Crippen LogP contribution in [0, 0.1) is 0 Å². The van der Waals surface area contributed by atoms with Crippen LogP contribution in [-0.2, 0) is 14.3 Å². The van der Waals surface area contributed by atoms with E-state index in [4.69, 9.17) is 0 Å². The molecule has 22 heavy (non-hydrogen) atoms. The fourth-order valence-electron chi connectivity index (χ4n) is 2.26. The molecule has 1 aromatic carbocycles. The van der Waals surface area contributed by atoms with Gasteiger partial charge in [-0.25, -0.2) is 4.79 Å². The number of nitrogens with one attached hydrogen (secondary N) is 1. The molecule has 0 bridgehead atoms. The minimum Gasteiger partial charge on any atom is -0.468 e. The van der Waals surface area contributed by atoms with Gasteiger partial charge in [-0.1, -0.05) is 18.2 Å². The van der Waals surface area contributed by atoms with Gasteiger partial charge in [0.2, 0.25) is 0 Å². The van der Waals surface area contributed by atoms with Gasteiger partial charge in [0, 0.05) is 16.5 Å². The maximum Gasteiger partial charge on any atom is 0.406 e. The normalized spacial score (nSPS) is 13.0. The van der Waals surface area contributed by atoms with Gasteiger partial charge in [-0.2, -0.15) is 13.2 Å². The minimum atomic E-state index is -4.92. The molecule has 0 aliphatic heterocycles. The number of carbonyl (C=O) groups excluding carboxylic acids is 2. The van der Waals surface area contributed by atoms with E-state index in [1.54, 1.807) is 6.07 Å². The maximum atomic E-state index is 13.3. The average molecular weight is 315 g/mol. The Balaban J connectivity index is 2.80. The molecule has 0 radical (unpaired) electrons. The fraction of sp³-hybridized carbons (Fsp3) is 0.286. The molecule has 0 spiro atoms. The summed E-state index contributed by atoms with van der Waals surface area (Å²) >= 11 is 0. The first-order valence-electron chi connectivity index (χ1n) is 6.14. The second-order valence-corrected chi connectivity index (χ2v) is 4.45. The Kier molecular flexibility index (Phi) is 4.11. The molecule has 1 heterocycles. The van der Waals surface area contributed by atoms with Crippen LogP contribution < -0.4 is 0 Å². The van der Waals surface area contributed by atoms with Crippen molar-refractivity contribution in [1.82, 2.24) is 4.98 Å². The van der Waals surface area contributed by atoms with Crippen LogP contribution in [0.4, 0.5) is 13.2 Å². The van der Waals surface area contributed by atoms with E-state index in [1.807, 2.05) is 0 Å². The summed E-state index contributed by atoms with van der Waals surface area (Å²) in [5.74, 6) is -5.07. The zero-order valence-electron chi connectivity index (χ0n) is 11.7. The SMILES string of the molecule is COC(=O)c1[nH]c2ccccc2c1C(C(=O)OC)C(F)(F)F. The Bertz CT molecular complexity index is 720. The second kappa shape index (κ2) is 5.70. The molecule has 1 N–H and O–H groups in total. The van der Waals surface area contributed by atoms with Crippen molar-refractivity contribution in [3.8, 4) is 0 Å². The van der Waals surface area contributed by atoms with Crippen molar-refractivity contribution < 1.29 is 32.2 Å². The van der Waals surface area contributed by atoms with Crippen LogP contribution in [0.5, 0.6) is 0 Å². The highest BCUT2D eigenvalue weighted by molar-refractivity contribution is 6.01. The van der Waals surface area contributed by atoms with Crippen molar-refractivity contribution in [3.05, 3.63) is 35.5 Å². The molecule has 0 amide bonds. The Morgan fingerprint density at radius 1 is 1.14 bits per heavy atom. The first-order chi connectivity index (χ1) is 10.3. The number of benzene rings is 1. The summed E-state index contributed by atoms with van der Waals surface area (Å²) < 4.78 is 48.7. The Hall–Kier alpha value is -2.51. The third kappa shape index (κ3) is 2.63. The van der Waals surface area contributed by atoms with Gasteiger partial charge >= 0.3 is 18.1 Å². The molecule has 8 heteroatoms. The van der Waals surface area contributed by atoms with Gasteiger partial charge < -0.3 is 14.5 Å². The number of ether oxygens (including phenoxy) is 2. The number of rotatable bonds is 3. The zero-order valence-corrected chi connectivity index (χ0v) is 11.7. The van der Waals surface area contributed by atoms with E-state index in [1.165, 1.54) is 18.2 Å². The van der Waals surface area contributed by atoms with Gasteiger partial charge in [0.25, 0.3) is 0 Å². The highest BCUT2D eigenvalue weighted by Crippen LogP contribution is 2.41. The summed E-state index contributed by atoms with van der Waals surface area (Å²) in [6, 6.07) is 5.97. The van der Waals surface area contributed by atoms with Crippen LogP contribution in [0.25, 0.3) is 10.9 Å². The van der Waals surface area contributed by atoms with E-state index in [9.17, 15) is 22.8 Å². The van der Waals surface area contributed by atoms with Crippen molar-refractivity contribution in [2.24, 2.45) is 0 Å². The quantitative estimate of drug-likeness (QED) is 0.884. The summed E-state index contributed by atoms with van der Waals surface area (Å²) in [5.41, 5.74) is -0.630. The number of fused-ring (bicyclic) bond motifs is 1. The van der Waals surface area contributed by atoms with Gasteiger partial charge in [0.05, 0.1) is 14.2 Å². The molecule has 0 aliphatic carbocycles. The molecule has 0 fully saturated rings. The van der Waals surface area contributed by atoms with Crippen molar-refractivity contribution in [3.63, 3.8) is 0 Å². The molecule has 1 atom stereocenters. The van der Waals surface area contributed by atoms with E-state index in [0.29, 0.717) is 0 Å². The molecule has 1 aromatic heterocycles. The Labute approximate surface area is 123 Å². The summed E-state index contributed by atoms with van der Waals surface area (Å²) in [6.45, 7) is 0. The molecule has 1 unspecified atom stereocenters. The number of alkyl halides is 3. The number of aromatic amines is 1. The van der Waals surface area contributed by atoms with E-state index < -0.39 is 35.3 Å². The average Bonchev–Trinajstić information content (AvgIpc) is 2.84. The van der Waals surface area contributed by atoms with E-state index in [-0.39, 0.29) is 10.9 Å². The van der Waals surface area contributed by atoms with E-state index in [0.717, 1.165) is 14.2 Å². The first kappa shape index (κ1) is 15.9. The predicted molar refractivity (Wildman–Crippen MR) is 70.5 cm³/mol. The number of para-hydroxylation sites is 1. The first-order valence-corrected chi connectivity index (χ1v) is 6.14. The number of hydrogen-bond acceptors (Lipinski definition) is 4. The molecule has 2 rings (SSSR count). The molecule has 0 aliphatic rings. The lowest BCUT2D eigenvalue weighted by Crippen LogP contribution is -2.30. The standard InChI is InChI=1S/C14H12F3NO4/c1-21-12(19)10(14(15,16)17)9-7-5-3-4-6-8(7)18-11(9)13(20)22-2/h3-6,10,18H,1-2H3. The number of carbonyl (C=O) groups is 2. The van der Waals surface area contributed by atoms with Crippen LogP contribution in [0.3, 0.4) is 0 Å². The number of aromatic nitrogens is 1. The third-order valence-electron chi connectivity index (χ3n) is 3.19. The zero-order chi connectivity index (χ0) is 16.5. The molecule has 0 saturated carbocycles. The monoisotopic (exact) mass is 315 g/mol. The molecule has 118 valence electrons. The minimum absolute atomic E-state index is 0.107. The van der Waals surface area contributed by atoms with Gasteiger partial charge in [0.1, 0.15) is 5.69 Å². The highest BCUT2D eigenvalue weighted by atomic mass is 19.4. The van der Waals surface area contributed by atoms with Crippen molar-refractivity contribution in [2.45, 2.75) is 12.1 Å². The van der Waals surface area contributed by atoms with Gasteiger partial charge in [-0.15, -0.1) is 0 Å². The second-order valence-electron chi connectivity index (χ2n) is 4.45. The summed E-state index contributed by atoms with van der Waals surface area (Å²) in [7, 11) is 1.89. The Morgan fingerprint density at radius 2 is 1.77 bits per heavy atom. The summed E-state index contributed by atoms with van der Waals surface area (Å²) in [5, 5.41) is 0.107.